The molecule has 90 valence electrons. The minimum Gasteiger partial charge on any atom is -0.461 e. The smallest absolute Gasteiger partial charge is 0.338 e. The molecule has 0 saturated carbocycles. The zero-order valence-corrected chi connectivity index (χ0v) is 10.1. The van der Waals surface area contributed by atoms with E-state index in [-0.39, 0.29) is 11.4 Å². The Morgan fingerprint density at radius 3 is 2.71 bits per heavy atom. The Bertz CT molecular complexity index is 447. The molecule has 1 saturated heterocycles. The number of carbonyl (C=O) groups excluding carboxylic acids is 1. The van der Waals surface area contributed by atoms with Crippen LogP contribution in [-0.2, 0) is 10.2 Å². The quantitative estimate of drug-likeness (QED) is 0.638. The molecule has 3 nitrogen and oxygen atoms in total. The minimum atomic E-state index is -0.162. The van der Waals surface area contributed by atoms with Gasteiger partial charge < -0.3 is 9.64 Å². The summed E-state index contributed by atoms with van der Waals surface area (Å²) < 4.78 is 5.38. The third kappa shape index (κ3) is 1.65. The first kappa shape index (κ1) is 10.8. The van der Waals surface area contributed by atoms with Crippen LogP contribution in [0.25, 0.3) is 0 Å². The number of fused-ring (bicyclic) bond motifs is 2. The number of piperidine rings is 1. The highest BCUT2D eigenvalue weighted by atomic mass is 16.5. The molecule has 1 spiro atoms. The molecule has 0 radical (unpaired) electrons. The zero-order chi connectivity index (χ0) is 11.9. The average Bonchev–Trinajstić information content (AvgIpc) is 2.38. The van der Waals surface area contributed by atoms with Gasteiger partial charge in [0.1, 0.15) is 6.61 Å². The van der Waals surface area contributed by atoms with Gasteiger partial charge >= 0.3 is 5.97 Å². The van der Waals surface area contributed by atoms with Crippen LogP contribution in [0.5, 0.6) is 0 Å². The number of cyclic esters (lactones) is 1. The highest BCUT2D eigenvalue weighted by Gasteiger charge is 2.42. The molecule has 1 aromatic carbocycles. The Morgan fingerprint density at radius 1 is 1.24 bits per heavy atom. The van der Waals surface area contributed by atoms with Gasteiger partial charge in [0.25, 0.3) is 0 Å². The van der Waals surface area contributed by atoms with Gasteiger partial charge in [-0.3, -0.25) is 0 Å². The fraction of sp³-hybridized carbons (Fsp3) is 0.500. The SMILES string of the molecule is CN1CCC2(CC1)COC(=O)c1ccccc12. The van der Waals surface area contributed by atoms with Crippen LogP contribution in [0, 0.1) is 0 Å². The third-order valence-corrected chi connectivity index (χ3v) is 4.14. The van der Waals surface area contributed by atoms with Gasteiger partial charge in [0.05, 0.1) is 5.56 Å². The van der Waals surface area contributed by atoms with Crippen molar-refractivity contribution >= 4 is 5.97 Å². The van der Waals surface area contributed by atoms with Crippen molar-refractivity contribution in [1.82, 2.24) is 4.90 Å². The maximum Gasteiger partial charge on any atom is 0.338 e. The summed E-state index contributed by atoms with van der Waals surface area (Å²) in [5.41, 5.74) is 2.03. The second-order valence-corrected chi connectivity index (χ2v) is 5.21. The van der Waals surface area contributed by atoms with Crippen LogP contribution in [0.4, 0.5) is 0 Å². The van der Waals surface area contributed by atoms with E-state index in [0.717, 1.165) is 31.5 Å². The first-order valence-corrected chi connectivity index (χ1v) is 6.16. The number of carbonyl (C=O) groups is 1. The van der Waals surface area contributed by atoms with Crippen molar-refractivity contribution in [2.24, 2.45) is 0 Å². The van der Waals surface area contributed by atoms with Gasteiger partial charge in [0.15, 0.2) is 0 Å². The molecule has 0 bridgehead atoms. The van der Waals surface area contributed by atoms with Crippen molar-refractivity contribution < 1.29 is 9.53 Å². The maximum atomic E-state index is 11.7. The van der Waals surface area contributed by atoms with Crippen molar-refractivity contribution in [2.75, 3.05) is 26.7 Å². The van der Waals surface area contributed by atoms with E-state index in [9.17, 15) is 4.79 Å². The predicted octanol–water partition coefficient (Wildman–Crippen LogP) is 1.82. The number of rotatable bonds is 0. The number of nitrogens with zero attached hydrogens (tertiary/aromatic N) is 1. The second-order valence-electron chi connectivity index (χ2n) is 5.21. The number of likely N-dealkylation sites (tertiary alicyclic amines) is 1. The van der Waals surface area contributed by atoms with E-state index >= 15 is 0 Å². The van der Waals surface area contributed by atoms with Gasteiger partial charge in [-0.05, 0) is 44.6 Å². The number of hydrogen-bond donors (Lipinski definition) is 0. The largest absolute Gasteiger partial charge is 0.461 e. The van der Waals surface area contributed by atoms with Crippen LogP contribution in [0.15, 0.2) is 24.3 Å². The van der Waals surface area contributed by atoms with Gasteiger partial charge in [-0.15, -0.1) is 0 Å². The van der Waals surface area contributed by atoms with Gasteiger partial charge in [-0.25, -0.2) is 4.79 Å². The highest BCUT2D eigenvalue weighted by Crippen LogP contribution is 2.40. The van der Waals surface area contributed by atoms with Crippen molar-refractivity contribution in [3.05, 3.63) is 35.4 Å². The summed E-state index contributed by atoms with van der Waals surface area (Å²) in [7, 11) is 2.15. The lowest BCUT2D eigenvalue weighted by molar-refractivity contribution is 0.0233. The summed E-state index contributed by atoms with van der Waals surface area (Å²) in [6.45, 7) is 2.70. The summed E-state index contributed by atoms with van der Waals surface area (Å²) in [5.74, 6) is -0.162. The molecule has 2 aliphatic heterocycles. The first-order valence-electron chi connectivity index (χ1n) is 6.16. The molecule has 2 aliphatic rings. The summed E-state index contributed by atoms with van der Waals surface area (Å²) in [4.78, 5) is 14.1. The minimum absolute atomic E-state index is 0.0665. The lowest BCUT2D eigenvalue weighted by Crippen LogP contribution is -2.47. The normalized spacial score (nSPS) is 23.2. The summed E-state index contributed by atoms with van der Waals surface area (Å²) >= 11 is 0. The molecule has 1 fully saturated rings. The predicted molar refractivity (Wildman–Crippen MR) is 65.1 cm³/mol. The van der Waals surface area contributed by atoms with Gasteiger partial charge in [-0.1, -0.05) is 18.2 Å². The molecule has 0 atom stereocenters. The van der Waals surface area contributed by atoms with Crippen LogP contribution >= 0.6 is 0 Å². The van der Waals surface area contributed by atoms with E-state index in [4.69, 9.17) is 4.74 Å². The summed E-state index contributed by atoms with van der Waals surface area (Å²) in [6.07, 6.45) is 2.15. The van der Waals surface area contributed by atoms with Crippen LogP contribution in [0.2, 0.25) is 0 Å². The zero-order valence-electron chi connectivity index (χ0n) is 10.1. The standard InChI is InChI=1S/C14H17NO2/c1-15-8-6-14(7-9-15)10-17-13(16)11-4-2-3-5-12(11)14/h2-5H,6-10H2,1H3. The molecule has 2 heterocycles. The third-order valence-electron chi connectivity index (χ3n) is 4.14. The number of hydrogen-bond acceptors (Lipinski definition) is 3. The second kappa shape index (κ2) is 3.84. The molecule has 0 aromatic heterocycles. The lowest BCUT2D eigenvalue weighted by Gasteiger charge is -2.43. The lowest BCUT2D eigenvalue weighted by atomic mass is 9.70. The van der Waals surface area contributed by atoms with Crippen molar-refractivity contribution in [3.8, 4) is 0 Å². The van der Waals surface area contributed by atoms with E-state index in [0.29, 0.717) is 6.61 Å². The Labute approximate surface area is 101 Å². The molecular weight excluding hydrogens is 214 g/mol. The first-order chi connectivity index (χ1) is 8.21. The van der Waals surface area contributed by atoms with Crippen LogP contribution in [-0.4, -0.2) is 37.6 Å². The fourth-order valence-corrected chi connectivity index (χ4v) is 2.94. The van der Waals surface area contributed by atoms with E-state index in [1.807, 2.05) is 18.2 Å². The number of esters is 1. The van der Waals surface area contributed by atoms with Crippen LogP contribution in [0.3, 0.4) is 0 Å². The molecular formula is C14H17NO2. The molecule has 1 aromatic rings. The van der Waals surface area contributed by atoms with E-state index in [2.05, 4.69) is 18.0 Å². The van der Waals surface area contributed by atoms with E-state index < -0.39 is 0 Å². The van der Waals surface area contributed by atoms with Crippen LogP contribution in [0.1, 0.15) is 28.8 Å². The summed E-state index contributed by atoms with van der Waals surface area (Å²) in [6, 6.07) is 7.92. The molecule has 0 aliphatic carbocycles. The Balaban J connectivity index is 2.03. The Morgan fingerprint density at radius 2 is 1.94 bits per heavy atom. The molecule has 0 unspecified atom stereocenters. The van der Waals surface area contributed by atoms with Gasteiger partial charge in [0, 0.05) is 5.41 Å². The molecule has 17 heavy (non-hydrogen) atoms. The molecule has 0 N–H and O–H groups in total. The van der Waals surface area contributed by atoms with Crippen molar-refractivity contribution in [3.63, 3.8) is 0 Å². The van der Waals surface area contributed by atoms with Crippen molar-refractivity contribution in [2.45, 2.75) is 18.3 Å². The van der Waals surface area contributed by atoms with E-state index in [1.165, 1.54) is 5.56 Å². The van der Waals surface area contributed by atoms with E-state index in [1.54, 1.807) is 0 Å². The van der Waals surface area contributed by atoms with Gasteiger partial charge in [0.2, 0.25) is 0 Å². The number of benzene rings is 1. The maximum absolute atomic E-state index is 11.7. The monoisotopic (exact) mass is 231 g/mol. The number of ether oxygens (including phenoxy) is 1. The molecule has 3 rings (SSSR count). The van der Waals surface area contributed by atoms with Crippen LogP contribution < -0.4 is 0 Å². The van der Waals surface area contributed by atoms with Crippen molar-refractivity contribution in [1.29, 1.82) is 0 Å². The van der Waals surface area contributed by atoms with Gasteiger partial charge in [-0.2, -0.15) is 0 Å². The fourth-order valence-electron chi connectivity index (χ4n) is 2.94. The molecule has 3 heteroatoms. The summed E-state index contributed by atoms with van der Waals surface area (Å²) in [5, 5.41) is 0. The average molecular weight is 231 g/mol. The molecule has 0 amide bonds. The topological polar surface area (TPSA) is 29.5 Å². The Hall–Kier alpha value is -1.35. The Kier molecular flexibility index (Phi) is 2.44. The highest BCUT2D eigenvalue weighted by molar-refractivity contribution is 5.92.